The first-order valence-electron chi connectivity index (χ1n) is 5.86. The van der Waals surface area contributed by atoms with Crippen molar-refractivity contribution in [1.29, 1.82) is 0 Å². The van der Waals surface area contributed by atoms with E-state index in [0.29, 0.717) is 6.10 Å². The van der Waals surface area contributed by atoms with Crippen LogP contribution in [0, 0.1) is 0 Å². The highest BCUT2D eigenvalue weighted by molar-refractivity contribution is 4.73. The topological polar surface area (TPSA) is 21.3 Å². The van der Waals surface area contributed by atoms with Gasteiger partial charge < -0.3 is 10.1 Å². The lowest BCUT2D eigenvalue weighted by Crippen LogP contribution is -2.41. The first-order chi connectivity index (χ1) is 6.49. The molecule has 0 rings (SSSR count). The summed E-state index contributed by atoms with van der Waals surface area (Å²) in [7, 11) is 0. The van der Waals surface area contributed by atoms with Crippen LogP contribution >= 0.6 is 0 Å². The first-order valence-corrected chi connectivity index (χ1v) is 5.86. The average molecular weight is 201 g/mol. The highest BCUT2D eigenvalue weighted by Crippen LogP contribution is 2.05. The molecule has 0 fully saturated rings. The molecule has 1 atom stereocenters. The van der Waals surface area contributed by atoms with Crippen LogP contribution < -0.4 is 5.32 Å². The average Bonchev–Trinajstić information content (AvgIpc) is 2.08. The fraction of sp³-hybridized carbons (Fsp3) is 1.00. The van der Waals surface area contributed by atoms with E-state index in [9.17, 15) is 0 Å². The monoisotopic (exact) mass is 201 g/mol. The summed E-state index contributed by atoms with van der Waals surface area (Å²) >= 11 is 0. The van der Waals surface area contributed by atoms with Crippen molar-refractivity contribution in [2.75, 3.05) is 13.2 Å². The lowest BCUT2D eigenvalue weighted by Gasteiger charge is -2.25. The minimum atomic E-state index is 0.196. The van der Waals surface area contributed by atoms with Crippen LogP contribution in [0.1, 0.15) is 53.9 Å². The molecule has 0 saturated heterocycles. The van der Waals surface area contributed by atoms with E-state index in [1.165, 1.54) is 6.42 Å². The molecular formula is C12H27NO. The van der Waals surface area contributed by atoms with E-state index in [1.54, 1.807) is 0 Å². The van der Waals surface area contributed by atoms with E-state index in [2.05, 4.69) is 39.9 Å². The number of hydrogen-bond acceptors (Lipinski definition) is 2. The minimum Gasteiger partial charge on any atom is -0.377 e. The third-order valence-electron chi connectivity index (χ3n) is 2.03. The number of rotatable bonds is 7. The van der Waals surface area contributed by atoms with Gasteiger partial charge in [0.05, 0.1) is 6.10 Å². The second-order valence-electron chi connectivity index (χ2n) is 4.91. The Bertz CT molecular complexity index is 129. The molecular weight excluding hydrogens is 174 g/mol. The maximum Gasteiger partial charge on any atom is 0.0699 e. The molecule has 0 amide bonds. The Balaban J connectivity index is 3.72. The Kier molecular flexibility index (Phi) is 7.20. The fourth-order valence-corrected chi connectivity index (χ4v) is 1.27. The molecule has 14 heavy (non-hydrogen) atoms. The molecule has 1 unspecified atom stereocenters. The van der Waals surface area contributed by atoms with E-state index < -0.39 is 0 Å². The van der Waals surface area contributed by atoms with Crippen molar-refractivity contribution in [3.8, 4) is 0 Å². The molecule has 2 nitrogen and oxygen atoms in total. The number of ether oxygens (including phenoxy) is 1. The van der Waals surface area contributed by atoms with Gasteiger partial charge in [-0.2, -0.15) is 0 Å². The molecule has 0 saturated carbocycles. The zero-order chi connectivity index (χ0) is 11.0. The van der Waals surface area contributed by atoms with Gasteiger partial charge in [-0.3, -0.25) is 0 Å². The summed E-state index contributed by atoms with van der Waals surface area (Å²) in [6, 6.07) is 0. The highest BCUT2D eigenvalue weighted by atomic mass is 16.5. The third-order valence-corrected chi connectivity index (χ3v) is 2.03. The summed E-state index contributed by atoms with van der Waals surface area (Å²) in [5.74, 6) is 0. The number of hydrogen-bond donors (Lipinski definition) is 1. The van der Waals surface area contributed by atoms with Crippen LogP contribution in [-0.2, 0) is 4.74 Å². The van der Waals surface area contributed by atoms with Crippen molar-refractivity contribution in [3.05, 3.63) is 0 Å². The van der Waals surface area contributed by atoms with Gasteiger partial charge in [-0.15, -0.1) is 0 Å². The molecule has 1 N–H and O–H groups in total. The molecule has 86 valence electrons. The molecule has 0 heterocycles. The molecule has 0 aromatic heterocycles. The molecule has 0 aliphatic heterocycles. The minimum absolute atomic E-state index is 0.196. The van der Waals surface area contributed by atoms with Gasteiger partial charge in [-0.1, -0.05) is 20.3 Å². The molecule has 0 aromatic rings. The Labute approximate surface area is 89.4 Å². The second kappa shape index (κ2) is 7.24. The normalized spacial score (nSPS) is 14.4. The van der Waals surface area contributed by atoms with E-state index in [0.717, 1.165) is 26.0 Å². The van der Waals surface area contributed by atoms with Crippen LogP contribution in [0.25, 0.3) is 0 Å². The maximum absolute atomic E-state index is 5.76. The summed E-state index contributed by atoms with van der Waals surface area (Å²) in [4.78, 5) is 0. The van der Waals surface area contributed by atoms with Gasteiger partial charge in [0.25, 0.3) is 0 Å². The summed E-state index contributed by atoms with van der Waals surface area (Å²) in [6.07, 6.45) is 3.85. The van der Waals surface area contributed by atoms with Crippen molar-refractivity contribution >= 4 is 0 Å². The van der Waals surface area contributed by atoms with Gasteiger partial charge in [0.15, 0.2) is 0 Å². The number of nitrogens with one attached hydrogen (secondary N) is 1. The Morgan fingerprint density at radius 3 is 2.21 bits per heavy atom. The van der Waals surface area contributed by atoms with E-state index in [-0.39, 0.29) is 5.54 Å². The molecule has 0 aromatic carbocycles. The Morgan fingerprint density at radius 2 is 1.79 bits per heavy atom. The summed E-state index contributed by atoms with van der Waals surface area (Å²) < 4.78 is 5.76. The van der Waals surface area contributed by atoms with Crippen LogP contribution in [0.2, 0.25) is 0 Å². The third kappa shape index (κ3) is 8.52. The molecule has 0 aliphatic carbocycles. The zero-order valence-corrected chi connectivity index (χ0v) is 10.5. The van der Waals surface area contributed by atoms with Crippen LogP contribution in [0.4, 0.5) is 0 Å². The molecule has 0 bridgehead atoms. The van der Waals surface area contributed by atoms with E-state index >= 15 is 0 Å². The SMILES string of the molecule is CCCOC(CCC)CNC(C)(C)C. The van der Waals surface area contributed by atoms with Crippen molar-refractivity contribution in [2.24, 2.45) is 0 Å². The van der Waals surface area contributed by atoms with Crippen molar-refractivity contribution in [3.63, 3.8) is 0 Å². The summed E-state index contributed by atoms with van der Waals surface area (Å²) in [5.41, 5.74) is 0.196. The van der Waals surface area contributed by atoms with Gasteiger partial charge in [-0.05, 0) is 33.6 Å². The summed E-state index contributed by atoms with van der Waals surface area (Å²) in [5, 5.41) is 3.49. The van der Waals surface area contributed by atoms with E-state index in [1.807, 2.05) is 0 Å². The maximum atomic E-state index is 5.76. The molecule has 0 radical (unpaired) electrons. The van der Waals surface area contributed by atoms with Gasteiger partial charge in [0.2, 0.25) is 0 Å². The molecule has 0 spiro atoms. The lowest BCUT2D eigenvalue weighted by molar-refractivity contribution is 0.0434. The summed E-state index contributed by atoms with van der Waals surface area (Å²) in [6.45, 7) is 12.8. The predicted molar refractivity (Wildman–Crippen MR) is 62.7 cm³/mol. The van der Waals surface area contributed by atoms with Crippen LogP contribution in [-0.4, -0.2) is 24.8 Å². The molecule has 2 heteroatoms. The lowest BCUT2D eigenvalue weighted by atomic mass is 10.1. The van der Waals surface area contributed by atoms with Crippen molar-refractivity contribution < 1.29 is 4.74 Å². The quantitative estimate of drug-likeness (QED) is 0.684. The fourth-order valence-electron chi connectivity index (χ4n) is 1.27. The van der Waals surface area contributed by atoms with Crippen LogP contribution in [0.15, 0.2) is 0 Å². The highest BCUT2D eigenvalue weighted by Gasteiger charge is 2.13. The van der Waals surface area contributed by atoms with Gasteiger partial charge >= 0.3 is 0 Å². The van der Waals surface area contributed by atoms with E-state index in [4.69, 9.17) is 4.74 Å². The zero-order valence-electron chi connectivity index (χ0n) is 10.5. The smallest absolute Gasteiger partial charge is 0.0699 e. The van der Waals surface area contributed by atoms with Gasteiger partial charge in [0.1, 0.15) is 0 Å². The Morgan fingerprint density at radius 1 is 1.14 bits per heavy atom. The van der Waals surface area contributed by atoms with Crippen molar-refractivity contribution in [1.82, 2.24) is 5.32 Å². The standard InChI is InChI=1S/C12H27NO/c1-6-8-11(14-9-7-2)10-13-12(3,4)5/h11,13H,6-10H2,1-5H3. The largest absolute Gasteiger partial charge is 0.377 e. The Hall–Kier alpha value is -0.0800. The van der Waals surface area contributed by atoms with Crippen molar-refractivity contribution in [2.45, 2.75) is 65.5 Å². The van der Waals surface area contributed by atoms with Gasteiger partial charge in [0, 0.05) is 18.7 Å². The first kappa shape index (κ1) is 13.9. The predicted octanol–water partition coefficient (Wildman–Crippen LogP) is 2.97. The van der Waals surface area contributed by atoms with Crippen LogP contribution in [0.3, 0.4) is 0 Å². The molecule has 0 aliphatic rings. The van der Waals surface area contributed by atoms with Gasteiger partial charge in [-0.25, -0.2) is 0 Å². The van der Waals surface area contributed by atoms with Crippen LogP contribution in [0.5, 0.6) is 0 Å². The second-order valence-corrected chi connectivity index (χ2v) is 4.91.